The summed E-state index contributed by atoms with van der Waals surface area (Å²) in [6.45, 7) is 0.723. The van der Waals surface area contributed by atoms with Crippen LogP contribution in [0.2, 0.25) is 0 Å². The largest absolute Gasteiger partial charge is 0.447 e. The lowest BCUT2D eigenvalue weighted by Crippen LogP contribution is -2.23. The first-order valence-electron chi connectivity index (χ1n) is 10.4. The second kappa shape index (κ2) is 7.95. The Morgan fingerprint density at radius 2 is 1.85 bits per heavy atom. The highest BCUT2D eigenvalue weighted by Gasteiger charge is 2.34. The SMILES string of the molecule is O=C(Nc1cccc(N2CCOC2=O)c1)c1cnn(-c2cccc(C(F)(F)F)c2)c1C1CC1. The third-order valence-corrected chi connectivity index (χ3v) is 5.61. The molecule has 1 saturated heterocycles. The number of halogens is 3. The minimum Gasteiger partial charge on any atom is -0.447 e. The molecule has 33 heavy (non-hydrogen) atoms. The standard InChI is InChI=1S/C23H19F3N4O3/c24-23(25,26)15-3-1-6-18(11-15)30-20(14-7-8-14)19(13-27-30)21(31)28-16-4-2-5-17(12-16)29-9-10-33-22(29)32/h1-6,11-14H,7-10H2,(H,28,31). The van der Waals surface area contributed by atoms with E-state index in [1.807, 2.05) is 0 Å². The topological polar surface area (TPSA) is 76.5 Å². The first-order chi connectivity index (χ1) is 15.8. The molecule has 1 aliphatic carbocycles. The highest BCUT2D eigenvalue weighted by molar-refractivity contribution is 6.05. The summed E-state index contributed by atoms with van der Waals surface area (Å²) in [5.74, 6) is -0.371. The van der Waals surface area contributed by atoms with Gasteiger partial charge in [-0.25, -0.2) is 9.48 Å². The molecule has 2 aliphatic rings. The van der Waals surface area contributed by atoms with Crippen LogP contribution in [0.4, 0.5) is 29.3 Å². The summed E-state index contributed by atoms with van der Waals surface area (Å²) in [5, 5.41) is 7.05. The maximum absolute atomic E-state index is 13.2. The van der Waals surface area contributed by atoms with Gasteiger partial charge in [0.2, 0.25) is 0 Å². The predicted molar refractivity (Wildman–Crippen MR) is 114 cm³/mol. The first-order valence-corrected chi connectivity index (χ1v) is 10.4. The highest BCUT2D eigenvalue weighted by atomic mass is 19.4. The molecule has 1 saturated carbocycles. The third kappa shape index (κ3) is 4.15. The van der Waals surface area contributed by atoms with Crippen molar-refractivity contribution >= 4 is 23.4 Å². The number of carbonyl (C=O) groups excluding carboxylic acids is 2. The van der Waals surface area contributed by atoms with Crippen LogP contribution in [-0.2, 0) is 10.9 Å². The maximum atomic E-state index is 13.2. The second-order valence-corrected chi connectivity index (χ2v) is 7.95. The van der Waals surface area contributed by atoms with E-state index >= 15 is 0 Å². The molecule has 2 heterocycles. The molecule has 2 fully saturated rings. The number of hydrogen-bond acceptors (Lipinski definition) is 4. The van der Waals surface area contributed by atoms with Crippen LogP contribution >= 0.6 is 0 Å². The summed E-state index contributed by atoms with van der Waals surface area (Å²) in [6, 6.07) is 11.7. The van der Waals surface area contributed by atoms with Crippen molar-refractivity contribution in [2.24, 2.45) is 0 Å². The Morgan fingerprint density at radius 3 is 2.55 bits per heavy atom. The zero-order valence-corrected chi connectivity index (χ0v) is 17.3. The summed E-state index contributed by atoms with van der Waals surface area (Å²) in [4.78, 5) is 26.4. The van der Waals surface area contributed by atoms with Gasteiger partial charge in [-0.3, -0.25) is 9.69 Å². The summed E-state index contributed by atoms with van der Waals surface area (Å²) >= 11 is 0. The molecular weight excluding hydrogens is 437 g/mol. The summed E-state index contributed by atoms with van der Waals surface area (Å²) < 4.78 is 45.9. The summed E-state index contributed by atoms with van der Waals surface area (Å²) in [7, 11) is 0. The number of carbonyl (C=O) groups is 2. The van der Waals surface area contributed by atoms with Gasteiger partial charge in [0.25, 0.3) is 5.91 Å². The van der Waals surface area contributed by atoms with Crippen LogP contribution in [0, 0.1) is 0 Å². The van der Waals surface area contributed by atoms with Crippen LogP contribution in [-0.4, -0.2) is 34.9 Å². The van der Waals surface area contributed by atoms with E-state index in [1.54, 1.807) is 24.3 Å². The smallest absolute Gasteiger partial charge is 0.416 e. The molecule has 2 amide bonds. The highest BCUT2D eigenvalue weighted by Crippen LogP contribution is 2.43. The van der Waals surface area contributed by atoms with Crippen molar-refractivity contribution in [2.45, 2.75) is 24.9 Å². The Labute approximate surface area is 186 Å². The van der Waals surface area contributed by atoms with E-state index < -0.39 is 23.7 Å². The first kappa shape index (κ1) is 21.0. The van der Waals surface area contributed by atoms with Crippen LogP contribution in [0.15, 0.2) is 54.7 Å². The Bertz CT molecular complexity index is 1230. The number of aromatic nitrogens is 2. The van der Waals surface area contributed by atoms with Gasteiger partial charge in [-0.15, -0.1) is 0 Å². The van der Waals surface area contributed by atoms with Crippen molar-refractivity contribution in [2.75, 3.05) is 23.4 Å². The molecule has 5 rings (SSSR count). The fraction of sp³-hybridized carbons (Fsp3) is 0.261. The Hall–Kier alpha value is -3.82. The average molecular weight is 456 g/mol. The lowest BCUT2D eigenvalue weighted by atomic mass is 10.1. The van der Waals surface area contributed by atoms with Crippen LogP contribution in [0.25, 0.3) is 5.69 Å². The van der Waals surface area contributed by atoms with E-state index in [4.69, 9.17) is 4.74 Å². The van der Waals surface area contributed by atoms with Crippen LogP contribution in [0.1, 0.15) is 40.4 Å². The lowest BCUT2D eigenvalue weighted by Gasteiger charge is -2.14. The number of rotatable bonds is 5. The van der Waals surface area contributed by atoms with Gasteiger partial charge in [0.1, 0.15) is 6.61 Å². The molecule has 7 nitrogen and oxygen atoms in total. The molecule has 1 aliphatic heterocycles. The van der Waals surface area contributed by atoms with Gasteiger partial charge in [-0.05, 0) is 49.2 Å². The van der Waals surface area contributed by atoms with Gasteiger partial charge in [0, 0.05) is 17.3 Å². The van der Waals surface area contributed by atoms with E-state index in [0.717, 1.165) is 25.0 Å². The lowest BCUT2D eigenvalue weighted by molar-refractivity contribution is -0.137. The van der Waals surface area contributed by atoms with Crippen LogP contribution < -0.4 is 10.2 Å². The number of hydrogen-bond donors (Lipinski definition) is 1. The molecule has 0 radical (unpaired) electrons. The van der Waals surface area contributed by atoms with E-state index in [0.29, 0.717) is 35.8 Å². The maximum Gasteiger partial charge on any atom is 0.416 e. The van der Waals surface area contributed by atoms with Gasteiger partial charge in [0.05, 0.1) is 35.2 Å². The normalized spacial score (nSPS) is 16.1. The molecular formula is C23H19F3N4O3. The Kier molecular flexibility index (Phi) is 5.07. The molecule has 170 valence electrons. The van der Waals surface area contributed by atoms with Crippen molar-refractivity contribution in [1.82, 2.24) is 9.78 Å². The number of cyclic esters (lactones) is 1. The van der Waals surface area contributed by atoms with Crippen molar-refractivity contribution in [1.29, 1.82) is 0 Å². The number of anilines is 2. The number of amides is 2. The van der Waals surface area contributed by atoms with Crippen LogP contribution in [0.3, 0.4) is 0 Å². The molecule has 0 unspecified atom stereocenters. The molecule has 1 aromatic heterocycles. The van der Waals surface area contributed by atoms with Gasteiger partial charge in [-0.2, -0.15) is 18.3 Å². The molecule has 2 aromatic carbocycles. The van der Waals surface area contributed by atoms with E-state index in [-0.39, 0.29) is 11.6 Å². The van der Waals surface area contributed by atoms with E-state index in [1.165, 1.54) is 27.9 Å². The summed E-state index contributed by atoms with van der Waals surface area (Å²) in [6.07, 6.45) is -1.88. The quantitative estimate of drug-likeness (QED) is 0.588. The van der Waals surface area contributed by atoms with Crippen molar-refractivity contribution < 1.29 is 27.5 Å². The molecule has 1 N–H and O–H groups in total. The third-order valence-electron chi connectivity index (χ3n) is 5.61. The Morgan fingerprint density at radius 1 is 1.09 bits per heavy atom. The molecule has 0 bridgehead atoms. The van der Waals surface area contributed by atoms with Gasteiger partial charge < -0.3 is 10.1 Å². The fourth-order valence-electron chi connectivity index (χ4n) is 3.88. The van der Waals surface area contributed by atoms with Gasteiger partial charge in [0.15, 0.2) is 0 Å². The number of ether oxygens (including phenoxy) is 1. The number of benzene rings is 2. The average Bonchev–Trinajstić information content (AvgIpc) is 3.37. The van der Waals surface area contributed by atoms with Gasteiger partial charge >= 0.3 is 12.3 Å². The van der Waals surface area contributed by atoms with Gasteiger partial charge in [-0.1, -0.05) is 12.1 Å². The zero-order chi connectivity index (χ0) is 23.2. The van der Waals surface area contributed by atoms with Crippen molar-refractivity contribution in [3.63, 3.8) is 0 Å². The minimum absolute atomic E-state index is 0.0495. The predicted octanol–water partition coefficient (Wildman–Crippen LogP) is 4.98. The Balaban J connectivity index is 1.43. The molecule has 0 atom stereocenters. The fourth-order valence-corrected chi connectivity index (χ4v) is 3.88. The zero-order valence-electron chi connectivity index (χ0n) is 17.3. The number of nitrogens with zero attached hydrogens (tertiary/aromatic N) is 3. The molecule has 3 aromatic rings. The second-order valence-electron chi connectivity index (χ2n) is 7.95. The van der Waals surface area contributed by atoms with E-state index in [2.05, 4.69) is 10.4 Å². The number of nitrogens with one attached hydrogen (secondary N) is 1. The van der Waals surface area contributed by atoms with E-state index in [9.17, 15) is 22.8 Å². The summed E-state index contributed by atoms with van der Waals surface area (Å²) in [5.41, 5.74) is 1.44. The van der Waals surface area contributed by atoms with Crippen molar-refractivity contribution in [3.05, 3.63) is 71.5 Å². The molecule has 10 heteroatoms. The number of alkyl halides is 3. The van der Waals surface area contributed by atoms with Crippen LogP contribution in [0.5, 0.6) is 0 Å². The minimum atomic E-state index is -4.48. The van der Waals surface area contributed by atoms with Crippen molar-refractivity contribution in [3.8, 4) is 5.69 Å². The molecule has 0 spiro atoms. The monoisotopic (exact) mass is 456 g/mol.